The Labute approximate surface area is 108 Å². The van der Waals surface area contributed by atoms with Crippen LogP contribution in [0.2, 0.25) is 0 Å². The molecule has 18 heavy (non-hydrogen) atoms. The molecule has 1 saturated carbocycles. The Morgan fingerprint density at radius 3 is 2.61 bits per heavy atom. The second kappa shape index (κ2) is 6.28. The van der Waals surface area contributed by atoms with E-state index in [0.717, 1.165) is 38.4 Å². The zero-order chi connectivity index (χ0) is 13.0. The van der Waals surface area contributed by atoms with Gasteiger partial charge in [0.25, 0.3) is 0 Å². The number of hydrogen-bond acceptors (Lipinski definition) is 1. The number of halogens is 2. The standard InChI is InChI=1S/C15H21F2N/c1-2-7-18-10-13-4-3-11(13)8-12-5-6-14(16)9-15(12)17/h5-6,9,11,13,18H,2-4,7-8,10H2,1H3. The molecular formula is C15H21F2N. The molecule has 0 heterocycles. The Bertz CT molecular complexity index is 392. The first-order valence-electron chi connectivity index (χ1n) is 6.85. The van der Waals surface area contributed by atoms with Crippen LogP contribution in [0.5, 0.6) is 0 Å². The minimum Gasteiger partial charge on any atom is -0.316 e. The van der Waals surface area contributed by atoms with Gasteiger partial charge in [-0.3, -0.25) is 0 Å². The molecule has 1 aromatic carbocycles. The normalized spacial score (nSPS) is 22.8. The summed E-state index contributed by atoms with van der Waals surface area (Å²) in [5, 5.41) is 3.42. The molecule has 0 aromatic heterocycles. The molecule has 0 saturated heterocycles. The summed E-state index contributed by atoms with van der Waals surface area (Å²) >= 11 is 0. The largest absolute Gasteiger partial charge is 0.316 e. The lowest BCUT2D eigenvalue weighted by atomic mass is 9.70. The third kappa shape index (κ3) is 3.29. The number of nitrogens with one attached hydrogen (secondary N) is 1. The summed E-state index contributed by atoms with van der Waals surface area (Å²) in [6.45, 7) is 4.23. The van der Waals surface area contributed by atoms with Gasteiger partial charge in [0.05, 0.1) is 0 Å². The molecule has 100 valence electrons. The maximum Gasteiger partial charge on any atom is 0.129 e. The summed E-state index contributed by atoms with van der Waals surface area (Å²) in [6.07, 6.45) is 4.27. The topological polar surface area (TPSA) is 12.0 Å². The van der Waals surface area contributed by atoms with Crippen LogP contribution in [0.1, 0.15) is 31.7 Å². The number of benzene rings is 1. The lowest BCUT2D eigenvalue weighted by molar-refractivity contribution is 0.170. The first-order valence-corrected chi connectivity index (χ1v) is 6.85. The summed E-state index contributed by atoms with van der Waals surface area (Å²) in [6, 6.07) is 3.92. The van der Waals surface area contributed by atoms with Crippen LogP contribution < -0.4 is 5.32 Å². The van der Waals surface area contributed by atoms with Crippen molar-refractivity contribution in [1.82, 2.24) is 5.32 Å². The van der Waals surface area contributed by atoms with Crippen molar-refractivity contribution in [2.75, 3.05) is 13.1 Å². The molecule has 1 fully saturated rings. The molecule has 3 heteroatoms. The average molecular weight is 253 g/mol. The maximum atomic E-state index is 13.5. The van der Waals surface area contributed by atoms with E-state index < -0.39 is 11.6 Å². The predicted molar refractivity (Wildman–Crippen MR) is 69.4 cm³/mol. The summed E-state index contributed by atoms with van der Waals surface area (Å²) in [5.74, 6) is 0.309. The van der Waals surface area contributed by atoms with E-state index in [1.165, 1.54) is 12.5 Å². The van der Waals surface area contributed by atoms with E-state index in [-0.39, 0.29) is 0 Å². The summed E-state index contributed by atoms with van der Waals surface area (Å²) < 4.78 is 26.4. The quantitative estimate of drug-likeness (QED) is 0.765. The van der Waals surface area contributed by atoms with E-state index in [4.69, 9.17) is 0 Å². The van der Waals surface area contributed by atoms with Crippen LogP contribution >= 0.6 is 0 Å². The fourth-order valence-corrected chi connectivity index (χ4v) is 2.61. The zero-order valence-electron chi connectivity index (χ0n) is 10.9. The van der Waals surface area contributed by atoms with E-state index in [9.17, 15) is 8.78 Å². The van der Waals surface area contributed by atoms with Crippen molar-refractivity contribution in [1.29, 1.82) is 0 Å². The SMILES string of the molecule is CCCNCC1CCC1Cc1ccc(F)cc1F. The van der Waals surface area contributed by atoms with Crippen molar-refractivity contribution in [2.24, 2.45) is 11.8 Å². The summed E-state index contributed by atoms with van der Waals surface area (Å²) in [5.41, 5.74) is 0.654. The van der Waals surface area contributed by atoms with Crippen molar-refractivity contribution in [3.8, 4) is 0 Å². The number of rotatable bonds is 6. The third-order valence-corrected chi connectivity index (χ3v) is 3.91. The van der Waals surface area contributed by atoms with Gasteiger partial charge < -0.3 is 5.32 Å². The Morgan fingerprint density at radius 2 is 2.00 bits per heavy atom. The maximum absolute atomic E-state index is 13.5. The highest BCUT2D eigenvalue weighted by atomic mass is 19.1. The van der Waals surface area contributed by atoms with Gasteiger partial charge in [-0.1, -0.05) is 13.0 Å². The molecule has 1 aliphatic rings. The van der Waals surface area contributed by atoms with Crippen LogP contribution in [0, 0.1) is 23.5 Å². The van der Waals surface area contributed by atoms with Crippen molar-refractivity contribution < 1.29 is 8.78 Å². The lowest BCUT2D eigenvalue weighted by Gasteiger charge is -2.37. The average Bonchev–Trinajstić information content (AvgIpc) is 2.32. The second-order valence-electron chi connectivity index (χ2n) is 5.24. The second-order valence-corrected chi connectivity index (χ2v) is 5.24. The van der Waals surface area contributed by atoms with E-state index in [1.54, 1.807) is 6.07 Å². The Kier molecular flexibility index (Phi) is 4.70. The number of hydrogen-bond donors (Lipinski definition) is 1. The fourth-order valence-electron chi connectivity index (χ4n) is 2.61. The minimum absolute atomic E-state index is 0.401. The van der Waals surface area contributed by atoms with Gasteiger partial charge in [-0.25, -0.2) is 8.78 Å². The van der Waals surface area contributed by atoms with Gasteiger partial charge in [-0.05, 0) is 62.2 Å². The minimum atomic E-state index is -0.494. The molecule has 0 radical (unpaired) electrons. The Balaban J connectivity index is 1.85. The lowest BCUT2D eigenvalue weighted by Crippen LogP contribution is -2.36. The first-order chi connectivity index (χ1) is 8.70. The molecule has 2 rings (SSSR count). The van der Waals surface area contributed by atoms with Crippen LogP contribution in [0.3, 0.4) is 0 Å². The molecular weight excluding hydrogens is 232 g/mol. The fraction of sp³-hybridized carbons (Fsp3) is 0.600. The van der Waals surface area contributed by atoms with Crippen molar-refractivity contribution in [2.45, 2.75) is 32.6 Å². The van der Waals surface area contributed by atoms with Gasteiger partial charge in [0.2, 0.25) is 0 Å². The van der Waals surface area contributed by atoms with E-state index in [2.05, 4.69) is 12.2 Å². The molecule has 1 aromatic rings. The van der Waals surface area contributed by atoms with Gasteiger partial charge in [-0.15, -0.1) is 0 Å². The first kappa shape index (κ1) is 13.5. The Morgan fingerprint density at radius 1 is 1.22 bits per heavy atom. The van der Waals surface area contributed by atoms with Crippen molar-refractivity contribution in [3.63, 3.8) is 0 Å². The molecule has 0 bridgehead atoms. The van der Waals surface area contributed by atoms with Gasteiger partial charge in [-0.2, -0.15) is 0 Å². The van der Waals surface area contributed by atoms with Crippen LogP contribution in [0.25, 0.3) is 0 Å². The summed E-state index contributed by atoms with van der Waals surface area (Å²) in [7, 11) is 0. The van der Waals surface area contributed by atoms with Crippen LogP contribution in [0.15, 0.2) is 18.2 Å². The van der Waals surface area contributed by atoms with E-state index >= 15 is 0 Å². The molecule has 1 aliphatic carbocycles. The van der Waals surface area contributed by atoms with Crippen molar-refractivity contribution in [3.05, 3.63) is 35.4 Å². The van der Waals surface area contributed by atoms with Gasteiger partial charge in [0.15, 0.2) is 0 Å². The summed E-state index contributed by atoms with van der Waals surface area (Å²) in [4.78, 5) is 0. The van der Waals surface area contributed by atoms with Gasteiger partial charge in [0.1, 0.15) is 11.6 Å². The predicted octanol–water partition coefficient (Wildman–Crippen LogP) is 3.53. The highest BCUT2D eigenvalue weighted by Gasteiger charge is 2.30. The third-order valence-electron chi connectivity index (χ3n) is 3.91. The molecule has 2 unspecified atom stereocenters. The highest BCUT2D eigenvalue weighted by molar-refractivity contribution is 5.19. The zero-order valence-corrected chi connectivity index (χ0v) is 10.9. The molecule has 0 spiro atoms. The van der Waals surface area contributed by atoms with Crippen LogP contribution in [-0.2, 0) is 6.42 Å². The van der Waals surface area contributed by atoms with Crippen LogP contribution in [-0.4, -0.2) is 13.1 Å². The van der Waals surface area contributed by atoms with E-state index in [0.29, 0.717) is 17.4 Å². The van der Waals surface area contributed by atoms with Crippen molar-refractivity contribution >= 4 is 0 Å². The van der Waals surface area contributed by atoms with Gasteiger partial charge in [0, 0.05) is 6.07 Å². The van der Waals surface area contributed by atoms with E-state index in [1.807, 2.05) is 0 Å². The molecule has 0 amide bonds. The Hall–Kier alpha value is -0.960. The molecule has 1 N–H and O–H groups in total. The molecule has 0 aliphatic heterocycles. The molecule has 2 atom stereocenters. The highest BCUT2D eigenvalue weighted by Crippen LogP contribution is 2.36. The molecule has 1 nitrogen and oxygen atoms in total. The smallest absolute Gasteiger partial charge is 0.129 e. The monoisotopic (exact) mass is 253 g/mol. The van der Waals surface area contributed by atoms with Crippen LogP contribution in [0.4, 0.5) is 8.78 Å². The van der Waals surface area contributed by atoms with Gasteiger partial charge >= 0.3 is 0 Å².